The molecule has 4 amide bonds. The van der Waals surface area contributed by atoms with Crippen molar-refractivity contribution in [3.8, 4) is 0 Å². The van der Waals surface area contributed by atoms with Gasteiger partial charge in [-0.3, -0.25) is 9.59 Å². The van der Waals surface area contributed by atoms with E-state index in [-0.39, 0.29) is 24.4 Å². The number of urea groups is 1. The molecule has 2 fully saturated rings. The molecule has 1 N–H and O–H groups in total. The quantitative estimate of drug-likeness (QED) is 0.780. The molecule has 30 heavy (non-hydrogen) atoms. The maximum Gasteiger partial charge on any atom is 0.332 e. The van der Waals surface area contributed by atoms with Gasteiger partial charge in [0.1, 0.15) is 12.4 Å². The van der Waals surface area contributed by atoms with Crippen LogP contribution in [-0.4, -0.2) is 35.3 Å². The Balaban J connectivity index is 1.58. The Morgan fingerprint density at radius 1 is 1.03 bits per heavy atom. The van der Waals surface area contributed by atoms with E-state index in [1.165, 1.54) is 29.2 Å². The average molecular weight is 430 g/mol. The predicted octanol–water partition coefficient (Wildman–Crippen LogP) is 4.45. The van der Waals surface area contributed by atoms with Crippen molar-refractivity contribution in [2.24, 2.45) is 5.92 Å². The summed E-state index contributed by atoms with van der Waals surface area (Å²) in [6.07, 6.45) is 3.17. The van der Waals surface area contributed by atoms with Gasteiger partial charge in [0.25, 0.3) is 0 Å². The largest absolute Gasteiger partial charge is 0.332 e. The summed E-state index contributed by atoms with van der Waals surface area (Å²) in [5, 5.41) is 3.19. The second-order valence-electron chi connectivity index (χ2n) is 7.57. The fraction of sp³-hybridized carbons (Fsp3) is 0.318. The van der Waals surface area contributed by atoms with E-state index in [0.29, 0.717) is 29.2 Å². The number of hydrogen-bond acceptors (Lipinski definition) is 3. The molecule has 6 nitrogen and oxygen atoms in total. The van der Waals surface area contributed by atoms with Crippen molar-refractivity contribution in [2.45, 2.75) is 31.7 Å². The van der Waals surface area contributed by atoms with E-state index in [1.54, 1.807) is 24.3 Å². The van der Waals surface area contributed by atoms with Crippen molar-refractivity contribution in [1.82, 2.24) is 4.90 Å². The van der Waals surface area contributed by atoms with Crippen LogP contribution in [0.25, 0.3) is 0 Å². The lowest BCUT2D eigenvalue weighted by atomic mass is 9.81. The minimum absolute atomic E-state index is 0.186. The predicted molar refractivity (Wildman–Crippen MR) is 112 cm³/mol. The lowest BCUT2D eigenvalue weighted by molar-refractivity contribution is -0.128. The third-order valence-corrected chi connectivity index (χ3v) is 5.88. The average Bonchev–Trinajstić information content (AvgIpc) is 2.74. The van der Waals surface area contributed by atoms with Crippen LogP contribution >= 0.6 is 11.6 Å². The van der Waals surface area contributed by atoms with Crippen LogP contribution in [0.5, 0.6) is 0 Å². The molecule has 156 valence electrons. The highest BCUT2D eigenvalue weighted by Gasteiger charge is 2.48. The molecule has 1 saturated heterocycles. The van der Waals surface area contributed by atoms with Crippen molar-refractivity contribution >= 4 is 40.8 Å². The molecular formula is C22H21ClFN3O3. The van der Waals surface area contributed by atoms with E-state index < -0.39 is 17.8 Å². The molecule has 1 heterocycles. The Bertz CT molecular complexity index is 965. The van der Waals surface area contributed by atoms with Gasteiger partial charge in [0.05, 0.1) is 11.6 Å². The molecule has 0 spiro atoms. The maximum atomic E-state index is 13.3. The SMILES string of the molecule is O=C(CN1C(=O)N(c2ccc(Cl)cc2)C(=O)C2CCCCC21)Nc1ccc(F)cc1. The zero-order valence-electron chi connectivity index (χ0n) is 16.2. The van der Waals surface area contributed by atoms with E-state index in [0.717, 1.165) is 17.7 Å². The molecule has 0 radical (unpaired) electrons. The minimum Gasteiger partial charge on any atom is -0.325 e. The van der Waals surface area contributed by atoms with Crippen LogP contribution in [0.15, 0.2) is 48.5 Å². The summed E-state index contributed by atoms with van der Waals surface area (Å²) in [5.41, 5.74) is 0.874. The lowest BCUT2D eigenvalue weighted by Crippen LogP contribution is -2.64. The van der Waals surface area contributed by atoms with Gasteiger partial charge < -0.3 is 10.2 Å². The normalized spacial score (nSPS) is 21.4. The third-order valence-electron chi connectivity index (χ3n) is 5.63. The maximum absolute atomic E-state index is 13.3. The summed E-state index contributed by atoms with van der Waals surface area (Å²) in [6, 6.07) is 11.1. The molecule has 2 aromatic rings. The first-order valence-corrected chi connectivity index (χ1v) is 10.3. The number of anilines is 2. The number of nitrogens with one attached hydrogen (secondary N) is 1. The van der Waals surface area contributed by atoms with Crippen molar-refractivity contribution in [3.05, 3.63) is 59.4 Å². The molecule has 4 rings (SSSR count). The molecule has 1 saturated carbocycles. The molecular weight excluding hydrogens is 409 g/mol. The van der Waals surface area contributed by atoms with Crippen molar-refractivity contribution in [3.63, 3.8) is 0 Å². The van der Waals surface area contributed by atoms with Gasteiger partial charge in [-0.15, -0.1) is 0 Å². The third kappa shape index (κ3) is 4.03. The van der Waals surface area contributed by atoms with E-state index in [9.17, 15) is 18.8 Å². The Morgan fingerprint density at radius 2 is 1.70 bits per heavy atom. The lowest BCUT2D eigenvalue weighted by Gasteiger charge is -2.46. The number of imide groups is 1. The number of amides is 4. The van der Waals surface area contributed by atoms with Crippen LogP contribution in [0.2, 0.25) is 5.02 Å². The topological polar surface area (TPSA) is 69.7 Å². The van der Waals surface area contributed by atoms with Crippen molar-refractivity contribution < 1.29 is 18.8 Å². The molecule has 1 aliphatic heterocycles. The zero-order valence-corrected chi connectivity index (χ0v) is 16.9. The highest BCUT2D eigenvalue weighted by atomic mass is 35.5. The van der Waals surface area contributed by atoms with Gasteiger partial charge >= 0.3 is 6.03 Å². The monoisotopic (exact) mass is 429 g/mol. The first-order valence-electron chi connectivity index (χ1n) is 9.89. The number of nitrogens with zero attached hydrogens (tertiary/aromatic N) is 2. The Kier molecular flexibility index (Phi) is 5.72. The number of carbonyl (C=O) groups excluding carboxylic acids is 3. The number of hydrogen-bond donors (Lipinski definition) is 1. The molecule has 2 aliphatic rings. The van der Waals surface area contributed by atoms with Crippen LogP contribution in [0.4, 0.5) is 20.6 Å². The van der Waals surface area contributed by atoms with E-state index in [1.807, 2.05) is 0 Å². The highest BCUT2D eigenvalue weighted by molar-refractivity contribution is 6.30. The first-order chi connectivity index (χ1) is 14.4. The summed E-state index contributed by atoms with van der Waals surface area (Å²) in [4.78, 5) is 41.7. The number of benzene rings is 2. The molecule has 0 aromatic heterocycles. The number of carbonyl (C=O) groups is 3. The molecule has 2 unspecified atom stereocenters. The summed E-state index contributed by atoms with van der Waals surface area (Å²) in [7, 11) is 0. The summed E-state index contributed by atoms with van der Waals surface area (Å²) in [5.74, 6) is -1.38. The van der Waals surface area contributed by atoms with Gasteiger partial charge in [-0.05, 0) is 61.4 Å². The summed E-state index contributed by atoms with van der Waals surface area (Å²) in [6.45, 7) is -0.186. The number of rotatable bonds is 4. The number of halogens is 2. The summed E-state index contributed by atoms with van der Waals surface area (Å²) < 4.78 is 13.1. The molecule has 2 atom stereocenters. The molecule has 0 bridgehead atoms. The Labute approximate surface area is 178 Å². The molecule has 2 aromatic carbocycles. The fourth-order valence-electron chi connectivity index (χ4n) is 4.20. The second kappa shape index (κ2) is 8.44. The smallest absolute Gasteiger partial charge is 0.325 e. The Morgan fingerprint density at radius 3 is 2.40 bits per heavy atom. The standard InChI is InChI=1S/C22H21ClFN3O3/c23-14-5-11-17(12-6-14)27-21(29)18-3-1-2-4-19(18)26(22(27)30)13-20(28)25-16-9-7-15(24)8-10-16/h5-12,18-19H,1-4,13H2,(H,25,28). The molecule has 8 heteroatoms. The van der Waals surface area contributed by atoms with Gasteiger partial charge in [-0.2, -0.15) is 0 Å². The first kappa shape index (κ1) is 20.3. The van der Waals surface area contributed by atoms with Crippen LogP contribution < -0.4 is 10.2 Å². The Hall–Kier alpha value is -2.93. The highest BCUT2D eigenvalue weighted by Crippen LogP contribution is 2.36. The van der Waals surface area contributed by atoms with Crippen LogP contribution in [0.3, 0.4) is 0 Å². The fourth-order valence-corrected chi connectivity index (χ4v) is 4.33. The van der Waals surface area contributed by atoms with Gasteiger partial charge in [0.2, 0.25) is 11.8 Å². The van der Waals surface area contributed by atoms with Crippen LogP contribution in [-0.2, 0) is 9.59 Å². The van der Waals surface area contributed by atoms with Gasteiger partial charge in [0, 0.05) is 16.8 Å². The van der Waals surface area contributed by atoms with Crippen LogP contribution in [0, 0.1) is 11.7 Å². The van der Waals surface area contributed by atoms with Crippen LogP contribution in [0.1, 0.15) is 25.7 Å². The van der Waals surface area contributed by atoms with Gasteiger partial charge in [-0.25, -0.2) is 14.1 Å². The molecule has 1 aliphatic carbocycles. The minimum atomic E-state index is -0.514. The van der Waals surface area contributed by atoms with Gasteiger partial charge in [-0.1, -0.05) is 24.4 Å². The summed E-state index contributed by atoms with van der Waals surface area (Å²) >= 11 is 5.94. The van der Waals surface area contributed by atoms with E-state index in [4.69, 9.17) is 11.6 Å². The zero-order chi connectivity index (χ0) is 21.3. The van der Waals surface area contributed by atoms with E-state index in [2.05, 4.69) is 5.32 Å². The second-order valence-corrected chi connectivity index (χ2v) is 8.01. The van der Waals surface area contributed by atoms with Gasteiger partial charge in [0.15, 0.2) is 0 Å². The van der Waals surface area contributed by atoms with Crippen molar-refractivity contribution in [1.29, 1.82) is 0 Å². The van der Waals surface area contributed by atoms with E-state index >= 15 is 0 Å². The van der Waals surface area contributed by atoms with Crippen molar-refractivity contribution in [2.75, 3.05) is 16.8 Å². The number of fused-ring (bicyclic) bond motifs is 1.